The highest BCUT2D eigenvalue weighted by Crippen LogP contribution is 2.15. The summed E-state index contributed by atoms with van der Waals surface area (Å²) in [6.45, 7) is 2.91. The Morgan fingerprint density at radius 3 is 2.65 bits per heavy atom. The van der Waals surface area contributed by atoms with E-state index in [1.165, 1.54) is 0 Å². The molecule has 0 spiro atoms. The van der Waals surface area contributed by atoms with E-state index in [4.69, 9.17) is 0 Å². The maximum atomic E-state index is 12.5. The van der Waals surface area contributed by atoms with Crippen LogP contribution < -0.4 is 0 Å². The van der Waals surface area contributed by atoms with Crippen molar-refractivity contribution >= 4 is 33.8 Å². The summed E-state index contributed by atoms with van der Waals surface area (Å²) >= 11 is 3.41. The molecule has 0 radical (unpaired) electrons. The number of benzene rings is 1. The third-order valence-electron chi connectivity index (χ3n) is 4.46. The van der Waals surface area contributed by atoms with Gasteiger partial charge in [-0.1, -0.05) is 28.1 Å². The van der Waals surface area contributed by atoms with Crippen molar-refractivity contribution in [2.45, 2.75) is 6.42 Å². The van der Waals surface area contributed by atoms with Crippen LogP contribution in [0.15, 0.2) is 51.9 Å². The predicted octanol–water partition coefficient (Wildman–Crippen LogP) is 1.77. The van der Waals surface area contributed by atoms with Gasteiger partial charge in [0.2, 0.25) is 5.91 Å². The first kappa shape index (κ1) is 16.8. The lowest BCUT2D eigenvalue weighted by atomic mass is 10.1. The molecule has 1 aromatic carbocycles. The van der Waals surface area contributed by atoms with Gasteiger partial charge in [0.15, 0.2) is 5.82 Å². The number of aromatic nitrogens is 3. The van der Waals surface area contributed by atoms with Gasteiger partial charge in [0.1, 0.15) is 12.0 Å². The number of carbonyl (C=O) groups excluding carboxylic acids is 1. The van der Waals surface area contributed by atoms with Crippen LogP contribution in [0, 0.1) is 0 Å². The molecule has 26 heavy (non-hydrogen) atoms. The van der Waals surface area contributed by atoms with Crippen molar-refractivity contribution in [2.24, 2.45) is 5.10 Å². The number of piperazine rings is 1. The number of carbonyl (C=O) groups is 1. The molecule has 0 unspecified atom stereocenters. The van der Waals surface area contributed by atoms with Crippen molar-refractivity contribution in [1.82, 2.24) is 24.7 Å². The van der Waals surface area contributed by atoms with Crippen LogP contribution in [0.4, 0.5) is 0 Å². The summed E-state index contributed by atoms with van der Waals surface area (Å²) < 4.78 is 2.60. The van der Waals surface area contributed by atoms with E-state index in [0.717, 1.165) is 28.8 Å². The van der Waals surface area contributed by atoms with Gasteiger partial charge in [-0.2, -0.15) is 4.68 Å². The highest BCUT2D eigenvalue weighted by molar-refractivity contribution is 9.10. The Kier molecular flexibility index (Phi) is 4.69. The Hall–Kier alpha value is -2.70. The monoisotopic (exact) mass is 412 g/mol. The van der Waals surface area contributed by atoms with Gasteiger partial charge in [-0.15, -0.1) is 15.3 Å². The highest BCUT2D eigenvalue weighted by atomic mass is 79.9. The minimum Gasteiger partial charge on any atom is -0.360 e. The van der Waals surface area contributed by atoms with Crippen molar-refractivity contribution in [3.63, 3.8) is 0 Å². The van der Waals surface area contributed by atoms with E-state index in [-0.39, 0.29) is 5.91 Å². The van der Waals surface area contributed by atoms with Crippen LogP contribution in [0.25, 0.3) is 6.08 Å². The third kappa shape index (κ3) is 3.61. The summed E-state index contributed by atoms with van der Waals surface area (Å²) in [5.41, 5.74) is 1.93. The summed E-state index contributed by atoms with van der Waals surface area (Å²) in [6.07, 6.45) is 5.80. The summed E-state index contributed by atoms with van der Waals surface area (Å²) in [6, 6.07) is 7.89. The third-order valence-corrected chi connectivity index (χ3v) is 4.99. The van der Waals surface area contributed by atoms with Gasteiger partial charge in [-0.25, -0.2) is 0 Å². The molecule has 0 aliphatic carbocycles. The van der Waals surface area contributed by atoms with Crippen molar-refractivity contribution in [2.75, 3.05) is 26.2 Å². The molecule has 1 fully saturated rings. The number of rotatable bonds is 3. The number of nitrogens with zero attached hydrogens (tertiary/aromatic N) is 6. The Morgan fingerprint density at radius 2 is 1.88 bits per heavy atom. The average Bonchev–Trinajstić information content (AvgIpc) is 3.02. The molecule has 7 nitrogen and oxygen atoms in total. The molecular formula is C18H17BrN6O. The molecule has 2 aromatic rings. The van der Waals surface area contributed by atoms with Gasteiger partial charge in [0, 0.05) is 36.5 Å². The summed E-state index contributed by atoms with van der Waals surface area (Å²) in [5, 5.41) is 12.0. The molecule has 2 aliphatic heterocycles. The normalized spacial score (nSPS) is 16.3. The van der Waals surface area contributed by atoms with Gasteiger partial charge < -0.3 is 9.80 Å². The second-order valence-corrected chi connectivity index (χ2v) is 7.05. The zero-order valence-corrected chi connectivity index (χ0v) is 15.6. The molecular weight excluding hydrogens is 396 g/mol. The smallest absolute Gasteiger partial charge is 0.227 e. The second-order valence-electron chi connectivity index (χ2n) is 6.14. The molecule has 0 atom stereocenters. The Labute approximate surface area is 159 Å². The van der Waals surface area contributed by atoms with Gasteiger partial charge >= 0.3 is 0 Å². The van der Waals surface area contributed by atoms with Gasteiger partial charge in [-0.05, 0) is 29.8 Å². The molecule has 0 saturated carbocycles. The first-order chi connectivity index (χ1) is 12.7. The van der Waals surface area contributed by atoms with Gasteiger partial charge in [0.05, 0.1) is 6.42 Å². The van der Waals surface area contributed by atoms with Crippen LogP contribution in [-0.4, -0.2) is 62.6 Å². The summed E-state index contributed by atoms with van der Waals surface area (Å²) in [7, 11) is 0. The molecule has 132 valence electrons. The molecule has 1 aromatic heterocycles. The molecule has 0 N–H and O–H groups in total. The lowest BCUT2D eigenvalue weighted by Gasteiger charge is -2.35. The minimum atomic E-state index is 0.164. The second kappa shape index (κ2) is 7.27. The number of hydrogen-bond donors (Lipinski definition) is 0. The number of hydrogen-bond acceptors (Lipinski definition) is 5. The topological polar surface area (TPSA) is 66.6 Å². The Morgan fingerprint density at radius 1 is 1.12 bits per heavy atom. The van der Waals surface area contributed by atoms with E-state index in [0.29, 0.717) is 25.3 Å². The van der Waals surface area contributed by atoms with E-state index in [1.807, 2.05) is 41.3 Å². The van der Waals surface area contributed by atoms with E-state index < -0.39 is 0 Å². The van der Waals surface area contributed by atoms with E-state index in [9.17, 15) is 4.79 Å². The van der Waals surface area contributed by atoms with Crippen molar-refractivity contribution in [1.29, 1.82) is 0 Å². The molecule has 1 amide bonds. The zero-order valence-electron chi connectivity index (χ0n) is 14.0. The number of fused-ring (bicyclic) bond motifs is 1. The van der Waals surface area contributed by atoms with Crippen LogP contribution >= 0.6 is 15.9 Å². The Bertz CT molecular complexity index is 902. The number of allylic oxidation sites excluding steroid dienone is 1. The largest absolute Gasteiger partial charge is 0.360 e. The van der Waals surface area contributed by atoms with Crippen molar-refractivity contribution in [3.05, 3.63) is 58.2 Å². The number of amides is 1. The van der Waals surface area contributed by atoms with Gasteiger partial charge in [0.25, 0.3) is 0 Å². The predicted molar refractivity (Wildman–Crippen MR) is 101 cm³/mol. The number of halogens is 1. The average molecular weight is 413 g/mol. The quantitative estimate of drug-likeness (QED) is 0.770. The van der Waals surface area contributed by atoms with Crippen LogP contribution in [0.2, 0.25) is 0 Å². The fourth-order valence-corrected chi connectivity index (χ4v) is 3.25. The molecule has 0 bridgehead atoms. The molecule has 1 saturated heterocycles. The van der Waals surface area contributed by atoms with Crippen molar-refractivity contribution < 1.29 is 4.79 Å². The van der Waals surface area contributed by atoms with E-state index >= 15 is 0 Å². The van der Waals surface area contributed by atoms with Gasteiger partial charge in [-0.3, -0.25) is 4.79 Å². The minimum absolute atomic E-state index is 0.164. The van der Waals surface area contributed by atoms with Crippen molar-refractivity contribution in [3.8, 4) is 0 Å². The van der Waals surface area contributed by atoms with Crippen LogP contribution in [0.1, 0.15) is 11.4 Å². The van der Waals surface area contributed by atoms with E-state index in [1.54, 1.807) is 11.0 Å². The summed E-state index contributed by atoms with van der Waals surface area (Å²) in [4.78, 5) is 16.6. The highest BCUT2D eigenvalue weighted by Gasteiger charge is 2.22. The standard InChI is InChI=1S/C18H17BrN6O/c19-15-3-1-14(2-4-15)11-18(26)24-9-7-23(8-10-24)16-5-6-17-22-20-13-25(17)21-12-16/h1-6,13H,7-11H2. The molecule has 2 aliphatic rings. The molecule has 8 heteroatoms. The maximum Gasteiger partial charge on any atom is 0.227 e. The molecule has 3 heterocycles. The molecule has 4 rings (SSSR count). The van der Waals surface area contributed by atoms with Crippen LogP contribution in [0.5, 0.6) is 0 Å². The lowest BCUT2D eigenvalue weighted by molar-refractivity contribution is -0.131. The first-order valence-electron chi connectivity index (χ1n) is 8.38. The fourth-order valence-electron chi connectivity index (χ4n) is 2.98. The van der Waals surface area contributed by atoms with Crippen LogP contribution in [-0.2, 0) is 11.2 Å². The fraction of sp³-hybridized carbons (Fsp3) is 0.278. The Balaban J connectivity index is 1.36. The maximum absolute atomic E-state index is 12.5. The first-order valence-corrected chi connectivity index (χ1v) is 9.17. The lowest BCUT2D eigenvalue weighted by Crippen LogP contribution is -2.48. The van der Waals surface area contributed by atoms with Crippen LogP contribution in [0.3, 0.4) is 0 Å². The van der Waals surface area contributed by atoms with E-state index in [2.05, 4.69) is 42.0 Å². The SMILES string of the molecule is O=C(Cc1ccc(Br)cc1)N1CCN(C2=C=Nn3cnnc3C=C2)CC1. The zero-order chi connectivity index (χ0) is 17.9. The summed E-state index contributed by atoms with van der Waals surface area (Å²) in [5.74, 6) is 3.88.